The van der Waals surface area contributed by atoms with Crippen LogP contribution in [0.15, 0.2) is 12.7 Å². The molecule has 1 aliphatic heterocycles. The van der Waals surface area contributed by atoms with Gasteiger partial charge in [0.2, 0.25) is 0 Å². The van der Waals surface area contributed by atoms with Gasteiger partial charge in [-0.25, -0.2) is 0 Å². The molecule has 0 aromatic rings. The lowest BCUT2D eigenvalue weighted by atomic mass is 10.0. The molecule has 0 aliphatic carbocycles. The third-order valence-corrected chi connectivity index (χ3v) is 1.85. The van der Waals surface area contributed by atoms with E-state index in [9.17, 15) is 0 Å². The normalized spacial score (nSPS) is 43.1. The molecule has 0 aromatic heterocycles. The van der Waals surface area contributed by atoms with Crippen molar-refractivity contribution in [2.24, 2.45) is 0 Å². The van der Waals surface area contributed by atoms with Gasteiger partial charge >= 0.3 is 0 Å². The molecule has 1 heterocycles. The molecule has 1 aliphatic rings. The summed E-state index contributed by atoms with van der Waals surface area (Å²) in [5.74, 6) is 0. The average molecular weight is 127 g/mol. The van der Waals surface area contributed by atoms with Gasteiger partial charge in [0.1, 0.15) is 0 Å². The van der Waals surface area contributed by atoms with E-state index in [1.807, 2.05) is 13.0 Å². The van der Waals surface area contributed by atoms with Gasteiger partial charge in [-0.3, -0.25) is 0 Å². The summed E-state index contributed by atoms with van der Waals surface area (Å²) < 4.78 is 0. The van der Waals surface area contributed by atoms with Crippen LogP contribution in [0.25, 0.3) is 0 Å². The number of β-amino-alcohol motifs (C(OH)–C–C–N with tert-alkyl or cyclic N) is 1. The Morgan fingerprint density at radius 1 is 1.89 bits per heavy atom. The fraction of sp³-hybridized carbons (Fsp3) is 0.714. The Kier molecular flexibility index (Phi) is 1.60. The highest BCUT2D eigenvalue weighted by Gasteiger charge is 2.30. The number of hydrogen-bond donors (Lipinski definition) is 2. The van der Waals surface area contributed by atoms with Gasteiger partial charge in [-0.05, 0) is 13.3 Å². The summed E-state index contributed by atoms with van der Waals surface area (Å²) in [7, 11) is 0. The summed E-state index contributed by atoms with van der Waals surface area (Å²) in [5.41, 5.74) is -0.0284. The monoisotopic (exact) mass is 127 g/mol. The first-order chi connectivity index (χ1) is 4.16. The SMILES string of the molecule is C=C[C@@]1(C)C[C@H](O)CN1. The molecular formula is C7H13NO. The molecule has 0 amide bonds. The van der Waals surface area contributed by atoms with Crippen molar-refractivity contribution in [1.82, 2.24) is 5.32 Å². The number of hydrogen-bond acceptors (Lipinski definition) is 2. The number of nitrogens with one attached hydrogen (secondary N) is 1. The fourth-order valence-electron chi connectivity index (χ4n) is 1.14. The van der Waals surface area contributed by atoms with Gasteiger partial charge in [-0.1, -0.05) is 6.08 Å². The predicted molar refractivity (Wildman–Crippen MR) is 37.2 cm³/mol. The molecule has 0 radical (unpaired) electrons. The molecule has 2 nitrogen and oxygen atoms in total. The van der Waals surface area contributed by atoms with Gasteiger partial charge < -0.3 is 10.4 Å². The first-order valence-electron chi connectivity index (χ1n) is 3.23. The lowest BCUT2D eigenvalue weighted by Gasteiger charge is -2.17. The van der Waals surface area contributed by atoms with Crippen molar-refractivity contribution in [3.05, 3.63) is 12.7 Å². The minimum absolute atomic E-state index is 0.0284. The van der Waals surface area contributed by atoms with Gasteiger partial charge in [-0.2, -0.15) is 0 Å². The third-order valence-electron chi connectivity index (χ3n) is 1.85. The van der Waals surface area contributed by atoms with Crippen molar-refractivity contribution in [2.45, 2.75) is 25.0 Å². The number of aliphatic hydroxyl groups is 1. The van der Waals surface area contributed by atoms with Gasteiger partial charge in [0.15, 0.2) is 0 Å². The molecule has 2 N–H and O–H groups in total. The maximum absolute atomic E-state index is 9.09. The van der Waals surface area contributed by atoms with E-state index in [1.54, 1.807) is 0 Å². The van der Waals surface area contributed by atoms with Crippen molar-refractivity contribution in [2.75, 3.05) is 6.54 Å². The van der Waals surface area contributed by atoms with E-state index in [-0.39, 0.29) is 11.6 Å². The molecule has 1 rings (SSSR count). The molecule has 0 saturated carbocycles. The van der Waals surface area contributed by atoms with Crippen molar-refractivity contribution in [3.63, 3.8) is 0 Å². The molecule has 0 bridgehead atoms. The largest absolute Gasteiger partial charge is 0.392 e. The summed E-state index contributed by atoms with van der Waals surface area (Å²) in [6.45, 7) is 6.41. The van der Waals surface area contributed by atoms with Crippen molar-refractivity contribution >= 4 is 0 Å². The second-order valence-corrected chi connectivity index (χ2v) is 2.86. The van der Waals surface area contributed by atoms with Gasteiger partial charge in [0.05, 0.1) is 6.10 Å². The topological polar surface area (TPSA) is 32.3 Å². The Balaban J connectivity index is 2.54. The zero-order valence-corrected chi connectivity index (χ0v) is 5.72. The zero-order valence-electron chi connectivity index (χ0n) is 5.72. The highest BCUT2D eigenvalue weighted by atomic mass is 16.3. The van der Waals surface area contributed by atoms with Gasteiger partial charge in [0, 0.05) is 12.1 Å². The van der Waals surface area contributed by atoms with E-state index in [0.717, 1.165) is 6.42 Å². The third kappa shape index (κ3) is 1.32. The van der Waals surface area contributed by atoms with Crippen LogP contribution in [0.2, 0.25) is 0 Å². The molecule has 2 atom stereocenters. The maximum atomic E-state index is 9.09. The lowest BCUT2D eigenvalue weighted by Crippen LogP contribution is -2.33. The smallest absolute Gasteiger partial charge is 0.0685 e. The summed E-state index contributed by atoms with van der Waals surface area (Å²) >= 11 is 0. The lowest BCUT2D eigenvalue weighted by molar-refractivity contribution is 0.190. The molecular weight excluding hydrogens is 114 g/mol. The van der Waals surface area contributed by atoms with E-state index in [1.165, 1.54) is 0 Å². The number of rotatable bonds is 1. The van der Waals surface area contributed by atoms with Crippen LogP contribution >= 0.6 is 0 Å². The Bertz CT molecular complexity index is 124. The highest BCUT2D eigenvalue weighted by molar-refractivity contribution is 5.05. The van der Waals surface area contributed by atoms with Crippen LogP contribution in [-0.4, -0.2) is 23.3 Å². The Morgan fingerprint density at radius 2 is 2.56 bits per heavy atom. The minimum atomic E-state index is -0.187. The van der Waals surface area contributed by atoms with E-state index in [4.69, 9.17) is 5.11 Å². The molecule has 0 spiro atoms. The molecule has 0 aromatic carbocycles. The van der Waals surface area contributed by atoms with Crippen LogP contribution in [0, 0.1) is 0 Å². The molecule has 9 heavy (non-hydrogen) atoms. The maximum Gasteiger partial charge on any atom is 0.0685 e. The molecule has 2 heteroatoms. The molecule has 1 fully saturated rings. The Labute approximate surface area is 55.6 Å². The summed E-state index contributed by atoms with van der Waals surface area (Å²) in [5, 5.41) is 12.2. The Morgan fingerprint density at radius 3 is 2.78 bits per heavy atom. The first kappa shape index (κ1) is 6.78. The van der Waals surface area contributed by atoms with E-state index in [0.29, 0.717) is 6.54 Å². The zero-order chi connectivity index (χ0) is 6.91. The second kappa shape index (κ2) is 2.12. The van der Waals surface area contributed by atoms with E-state index >= 15 is 0 Å². The molecule has 1 saturated heterocycles. The van der Waals surface area contributed by atoms with Crippen molar-refractivity contribution in [1.29, 1.82) is 0 Å². The van der Waals surface area contributed by atoms with Crippen LogP contribution < -0.4 is 5.32 Å². The van der Waals surface area contributed by atoms with Crippen LogP contribution in [0.4, 0.5) is 0 Å². The quantitative estimate of drug-likeness (QED) is 0.496. The summed E-state index contributed by atoms with van der Waals surface area (Å²) in [6.07, 6.45) is 2.45. The first-order valence-corrected chi connectivity index (χ1v) is 3.23. The van der Waals surface area contributed by atoms with E-state index < -0.39 is 0 Å². The average Bonchev–Trinajstić information content (AvgIpc) is 2.13. The van der Waals surface area contributed by atoms with Gasteiger partial charge in [0.25, 0.3) is 0 Å². The minimum Gasteiger partial charge on any atom is -0.392 e. The highest BCUT2D eigenvalue weighted by Crippen LogP contribution is 2.19. The van der Waals surface area contributed by atoms with Crippen LogP contribution in [0.5, 0.6) is 0 Å². The fourth-order valence-corrected chi connectivity index (χ4v) is 1.14. The molecule has 0 unspecified atom stereocenters. The van der Waals surface area contributed by atoms with Crippen LogP contribution in [0.1, 0.15) is 13.3 Å². The summed E-state index contributed by atoms with van der Waals surface area (Å²) in [4.78, 5) is 0. The van der Waals surface area contributed by atoms with Crippen molar-refractivity contribution < 1.29 is 5.11 Å². The van der Waals surface area contributed by atoms with Crippen LogP contribution in [0.3, 0.4) is 0 Å². The molecule has 52 valence electrons. The van der Waals surface area contributed by atoms with Crippen molar-refractivity contribution in [3.8, 4) is 0 Å². The standard InChI is InChI=1S/C7H13NO/c1-3-7(2)4-6(9)5-8-7/h3,6,8-9H,1,4-5H2,2H3/t6-,7-/m0/s1. The number of aliphatic hydroxyl groups excluding tert-OH is 1. The van der Waals surface area contributed by atoms with Gasteiger partial charge in [-0.15, -0.1) is 6.58 Å². The van der Waals surface area contributed by atoms with Crippen LogP contribution in [-0.2, 0) is 0 Å². The second-order valence-electron chi connectivity index (χ2n) is 2.86. The van der Waals surface area contributed by atoms with E-state index in [2.05, 4.69) is 11.9 Å². The summed E-state index contributed by atoms with van der Waals surface area (Å²) in [6, 6.07) is 0. The Hall–Kier alpha value is -0.340. The predicted octanol–water partition coefficient (Wildman–Crippen LogP) is 0.285.